The van der Waals surface area contributed by atoms with E-state index in [-0.39, 0.29) is 105 Å². The lowest BCUT2D eigenvalue weighted by atomic mass is 9.83. The van der Waals surface area contributed by atoms with Crippen LogP contribution in [0.2, 0.25) is 0 Å². The van der Waals surface area contributed by atoms with Crippen molar-refractivity contribution in [3.05, 3.63) is 77.9 Å². The lowest BCUT2D eigenvalue weighted by Crippen LogP contribution is -2.55. The Balaban J connectivity index is 1.30. The molecule has 674 valence electrons. The number of carbonyl (C=O) groups excluding carboxylic acids is 11. The molecule has 0 bridgehead atoms. The first-order valence-electron chi connectivity index (χ1n) is 42.2. The molecule has 0 saturated carbocycles. The third kappa shape index (κ3) is 41.0. The largest absolute Gasteiger partial charge is 0.466 e. The lowest BCUT2D eigenvalue weighted by molar-refractivity contribution is -0.149. The average molecular weight is 1680 g/mol. The van der Waals surface area contributed by atoms with Gasteiger partial charge in [-0.05, 0) is 92.5 Å². The Kier molecular flexibility index (Phi) is 53.6. The van der Waals surface area contributed by atoms with Crippen LogP contribution in [0, 0.1) is 35.5 Å². The molecule has 1 aliphatic heterocycles. The lowest BCUT2D eigenvalue weighted by Gasteiger charge is -2.41. The summed E-state index contributed by atoms with van der Waals surface area (Å²) in [7, 11) is 7.47. The van der Waals surface area contributed by atoms with Crippen LogP contribution in [0.5, 0.6) is 0 Å². The van der Waals surface area contributed by atoms with Gasteiger partial charge < -0.3 is 103 Å². The maximum Gasteiger partial charge on any atom is 0.410 e. The first-order valence-corrected chi connectivity index (χ1v) is 42.2. The smallest absolute Gasteiger partial charge is 0.410 e. The predicted octanol–water partition coefficient (Wildman–Crippen LogP) is 7.53. The fraction of sp³-hybridized carbons (Fsp3) is 0.713. The van der Waals surface area contributed by atoms with Gasteiger partial charge in [0.15, 0.2) is 11.6 Å². The topological polar surface area (TPSA) is 389 Å². The number of carbonyl (C=O) groups is 11. The van der Waals surface area contributed by atoms with Crippen molar-refractivity contribution in [3.63, 3.8) is 0 Å². The average Bonchev–Trinajstić information content (AvgIpc) is 1.78. The van der Waals surface area contributed by atoms with E-state index in [1.54, 1.807) is 80.9 Å². The molecule has 119 heavy (non-hydrogen) atoms. The molecule has 0 radical (unpaired) electrons. The first kappa shape index (κ1) is 105. The van der Waals surface area contributed by atoms with Gasteiger partial charge in [-0.1, -0.05) is 124 Å². The number of allylic oxidation sites excluding steroid dienone is 1. The van der Waals surface area contributed by atoms with Crippen LogP contribution in [-0.2, 0) is 111 Å². The highest BCUT2D eigenvalue weighted by Gasteiger charge is 2.44. The van der Waals surface area contributed by atoms with Crippen molar-refractivity contribution in [2.75, 3.05) is 160 Å². The van der Waals surface area contributed by atoms with Crippen molar-refractivity contribution in [1.29, 1.82) is 0 Å². The number of anilines is 1. The highest BCUT2D eigenvalue weighted by molar-refractivity contribution is 5.98. The van der Waals surface area contributed by atoms with Gasteiger partial charge in [-0.3, -0.25) is 43.2 Å². The molecule has 3 rings (SSSR count). The third-order valence-corrected chi connectivity index (χ3v) is 20.9. The highest BCUT2D eigenvalue weighted by Crippen LogP contribution is 2.32. The molecule has 32 nitrogen and oxygen atoms in total. The SMILES string of the molecule is CC[C@H](C)[C@@H]([C@@H](CC(=O)N1CCC[C@H]1[C@H](OC)[C@@H](C)C(=O)N[C@H](C)[C@@H](O)c1ccccc1)OC)N(C)C(=O)[C@@H](CC(=O)[C@H](C(C)C)N(C)C(=O)OCc1ccc(NC(=O)C(C)NC(=O)C(NC(=O)CCOCCOCCOCCOCCOCCOCCOCCOCCNC(=O)CCCCCCC(=O)/C=C\C(=O)OC)C(C)C)cc1)C(C)C. The molecule has 0 spiro atoms. The molecule has 1 aliphatic rings. The molecule has 12 atom stereocenters. The van der Waals surface area contributed by atoms with E-state index in [0.29, 0.717) is 154 Å². The van der Waals surface area contributed by atoms with Gasteiger partial charge >= 0.3 is 12.1 Å². The van der Waals surface area contributed by atoms with Crippen molar-refractivity contribution >= 4 is 70.7 Å². The fourth-order valence-corrected chi connectivity index (χ4v) is 13.8. The Bertz CT molecular complexity index is 3310. The Morgan fingerprint density at radius 2 is 1.11 bits per heavy atom. The number of methoxy groups -OCH3 is 3. The van der Waals surface area contributed by atoms with Crippen molar-refractivity contribution in [2.24, 2.45) is 35.5 Å². The van der Waals surface area contributed by atoms with Crippen molar-refractivity contribution < 1.29 is 115 Å². The van der Waals surface area contributed by atoms with Crippen LogP contribution in [0.25, 0.3) is 0 Å². The summed E-state index contributed by atoms with van der Waals surface area (Å²) in [5.41, 5.74) is 1.65. The second-order valence-corrected chi connectivity index (χ2v) is 31.1. The van der Waals surface area contributed by atoms with Crippen LogP contribution in [0.4, 0.5) is 10.5 Å². The van der Waals surface area contributed by atoms with Crippen LogP contribution in [0.1, 0.15) is 170 Å². The normalized spacial score (nSPS) is 15.7. The summed E-state index contributed by atoms with van der Waals surface area (Å²) in [6.07, 6.45) is 4.77. The van der Waals surface area contributed by atoms with E-state index in [1.165, 1.54) is 46.3 Å². The number of hydrogen-bond acceptors (Lipinski definition) is 24. The number of nitrogens with one attached hydrogen (secondary N) is 5. The zero-order valence-electron chi connectivity index (χ0n) is 73.6. The molecular weight excluding hydrogens is 1540 g/mol. The van der Waals surface area contributed by atoms with Crippen molar-refractivity contribution in [3.8, 4) is 0 Å². The molecule has 2 aromatic rings. The number of benzene rings is 2. The van der Waals surface area contributed by atoms with E-state index >= 15 is 0 Å². The molecule has 0 aromatic heterocycles. The summed E-state index contributed by atoms with van der Waals surface area (Å²) < 4.78 is 66.5. The number of likely N-dealkylation sites (N-methyl/N-ethyl adjacent to an activating group) is 2. The number of esters is 1. The van der Waals surface area contributed by atoms with Gasteiger partial charge in [0, 0.05) is 84.8 Å². The van der Waals surface area contributed by atoms with Gasteiger partial charge in [0.25, 0.3) is 0 Å². The monoisotopic (exact) mass is 1680 g/mol. The summed E-state index contributed by atoms with van der Waals surface area (Å²) in [4.78, 5) is 150. The van der Waals surface area contributed by atoms with Gasteiger partial charge in [0.05, 0.1) is 168 Å². The van der Waals surface area contributed by atoms with Gasteiger partial charge in [-0.15, -0.1) is 0 Å². The van der Waals surface area contributed by atoms with Crippen LogP contribution in [0.15, 0.2) is 66.7 Å². The number of ketones is 2. The number of nitrogens with zero attached hydrogens (tertiary/aromatic N) is 3. The number of likely N-dealkylation sites (tertiary alicyclic amines) is 1. The summed E-state index contributed by atoms with van der Waals surface area (Å²) in [5.74, 6) is -5.97. The number of ether oxygens (including phenoxy) is 12. The van der Waals surface area contributed by atoms with E-state index in [9.17, 15) is 57.8 Å². The molecule has 2 unspecified atom stereocenters. The minimum absolute atomic E-state index is 0.0125. The van der Waals surface area contributed by atoms with E-state index in [4.69, 9.17) is 52.1 Å². The minimum atomic E-state index is -0.996. The number of aliphatic hydroxyl groups is 1. The van der Waals surface area contributed by atoms with E-state index < -0.39 is 96.2 Å². The summed E-state index contributed by atoms with van der Waals surface area (Å²) in [6.45, 7) is 26.3. The van der Waals surface area contributed by atoms with Crippen molar-refractivity contribution in [1.82, 2.24) is 36.0 Å². The number of unbranched alkanes of at least 4 members (excludes halogenated alkanes) is 3. The Morgan fingerprint density at radius 3 is 1.62 bits per heavy atom. The molecule has 6 N–H and O–H groups in total. The molecular formula is C87H142N8O24. The molecule has 1 saturated heterocycles. The van der Waals surface area contributed by atoms with Gasteiger partial charge in [-0.25, -0.2) is 9.59 Å². The molecule has 2 aromatic carbocycles. The number of amides is 8. The third-order valence-electron chi connectivity index (χ3n) is 20.9. The van der Waals surface area contributed by atoms with Crippen LogP contribution in [-0.4, -0.2) is 287 Å². The maximum absolute atomic E-state index is 14.9. The zero-order chi connectivity index (χ0) is 88.2. The van der Waals surface area contributed by atoms with Gasteiger partial charge in [0.2, 0.25) is 41.4 Å². The van der Waals surface area contributed by atoms with Gasteiger partial charge in [-0.2, -0.15) is 0 Å². The zero-order valence-corrected chi connectivity index (χ0v) is 73.6. The first-order chi connectivity index (χ1) is 56.9. The van der Waals surface area contributed by atoms with E-state index in [0.717, 1.165) is 25.3 Å². The standard InChI is InChI=1S/C87H142N8O24/c1-17-62(8)80(73(108-14)57-76(100)95-39-25-29-71(95)82(110-16)63(9)83(103)89-64(10)81(102)67-26-21-20-22-27-67)93(12)86(106)70(59(2)3)56-72(97)79(61(6)7)94(13)87(107)119-58-66-31-33-68(34-32-66)91-84(104)65(11)90-85(105)78(60(4)5)92-75(99)37-40-111-42-44-113-46-48-115-50-52-117-54-55-118-53-51-116-49-47-114-45-43-112-41-38-88-74(98)30-24-19-18-23-28-69(96)35-36-77(101)109-15/h20-22,26-27,31-36,59-65,70-71,73,78-82,102H,17-19,23-25,28-30,37-58H2,1-16H3,(H,88,98)(H,89,103)(H,90,105)(H,91,104)(H,92,99)/b36-35-/t62-,63+,64+,65?,70-,71-,73+,78?,79-,80-,81+,82+/m0/s1. The van der Waals surface area contributed by atoms with Crippen LogP contribution < -0.4 is 26.6 Å². The number of hydrogen-bond donors (Lipinski definition) is 6. The van der Waals surface area contributed by atoms with Crippen molar-refractivity contribution in [2.45, 2.75) is 214 Å². The second-order valence-electron chi connectivity index (χ2n) is 31.1. The van der Waals surface area contributed by atoms with E-state index in [2.05, 4.69) is 31.3 Å². The second kappa shape index (κ2) is 60.6. The Morgan fingerprint density at radius 1 is 0.563 bits per heavy atom. The summed E-state index contributed by atoms with van der Waals surface area (Å²) in [6, 6.07) is 11.1. The molecule has 0 aliphatic carbocycles. The van der Waals surface area contributed by atoms with Gasteiger partial charge in [0.1, 0.15) is 18.7 Å². The Hall–Kier alpha value is -7.89. The molecule has 32 heteroatoms. The number of Topliss-reactive ketones (excluding diaryl/α,β-unsaturated/α-hetero) is 1. The predicted molar refractivity (Wildman–Crippen MR) is 447 cm³/mol. The molecule has 1 heterocycles. The molecule has 1 fully saturated rings. The van der Waals surface area contributed by atoms with Crippen LogP contribution >= 0.6 is 0 Å². The summed E-state index contributed by atoms with van der Waals surface area (Å²) in [5, 5.41) is 25.0. The Labute approximate surface area is 705 Å². The fourth-order valence-electron chi connectivity index (χ4n) is 13.8. The van der Waals surface area contributed by atoms with E-state index in [1.807, 2.05) is 59.7 Å². The highest BCUT2D eigenvalue weighted by atomic mass is 16.6. The molecule has 8 amide bonds. The maximum atomic E-state index is 14.9. The number of aliphatic hydroxyl groups excluding tert-OH is 1. The summed E-state index contributed by atoms with van der Waals surface area (Å²) >= 11 is 0. The minimum Gasteiger partial charge on any atom is -0.466 e. The van der Waals surface area contributed by atoms with Crippen LogP contribution in [0.3, 0.4) is 0 Å². The number of rotatable bonds is 65. The quantitative estimate of drug-likeness (QED) is 0.0212.